The zero-order valence-electron chi connectivity index (χ0n) is 6.68. The van der Waals surface area contributed by atoms with Crippen LogP contribution in [0, 0.1) is 0 Å². The SMILES string of the molecule is Cn1nc(-c2ccccc2)np1. The quantitative estimate of drug-likeness (QED) is 0.667. The molecule has 0 saturated carbocycles. The molecule has 1 aromatic carbocycles. The molecule has 2 rings (SSSR count). The zero-order valence-corrected chi connectivity index (χ0v) is 7.57. The first kappa shape index (κ1) is 7.44. The van der Waals surface area contributed by atoms with E-state index in [4.69, 9.17) is 0 Å². The fraction of sp³-hybridized carbons (Fsp3) is 0.125. The van der Waals surface area contributed by atoms with Gasteiger partial charge in [-0.2, -0.15) is 4.75 Å². The third-order valence-corrected chi connectivity index (χ3v) is 2.17. The Hall–Kier alpha value is -1.21. The second kappa shape index (κ2) is 3.03. The predicted octanol–water partition coefficient (Wildman–Crippen LogP) is 2.06. The van der Waals surface area contributed by atoms with E-state index in [9.17, 15) is 0 Å². The number of aromatic nitrogens is 3. The van der Waals surface area contributed by atoms with E-state index in [-0.39, 0.29) is 0 Å². The first-order chi connectivity index (χ1) is 5.86. The Balaban J connectivity index is 2.45. The van der Waals surface area contributed by atoms with Crippen molar-refractivity contribution in [3.05, 3.63) is 30.3 Å². The number of hydrogen-bond donors (Lipinski definition) is 0. The van der Waals surface area contributed by atoms with Gasteiger partial charge in [0.15, 0.2) is 14.3 Å². The minimum atomic E-state index is 0.819. The van der Waals surface area contributed by atoms with Crippen LogP contribution in [0.4, 0.5) is 0 Å². The summed E-state index contributed by atoms with van der Waals surface area (Å²) in [5, 5.41) is 4.23. The van der Waals surface area contributed by atoms with Crippen molar-refractivity contribution < 1.29 is 0 Å². The number of aryl methyl sites for hydroxylation is 1. The molecule has 0 atom stereocenters. The lowest BCUT2D eigenvalue weighted by atomic mass is 10.2. The molecule has 0 aliphatic carbocycles. The third-order valence-electron chi connectivity index (χ3n) is 1.54. The van der Waals surface area contributed by atoms with Crippen LogP contribution in [0.15, 0.2) is 30.3 Å². The van der Waals surface area contributed by atoms with Crippen LogP contribution in [0.3, 0.4) is 0 Å². The minimum Gasteiger partial charge on any atom is -0.231 e. The van der Waals surface area contributed by atoms with Crippen molar-refractivity contribution in [3.63, 3.8) is 0 Å². The maximum Gasteiger partial charge on any atom is 0.185 e. The van der Waals surface area contributed by atoms with Gasteiger partial charge in [-0.05, 0) is 0 Å². The Morgan fingerprint density at radius 2 is 2.00 bits per heavy atom. The summed E-state index contributed by atoms with van der Waals surface area (Å²) in [6, 6.07) is 9.99. The molecule has 4 heteroatoms. The summed E-state index contributed by atoms with van der Waals surface area (Å²) >= 11 is 0. The summed E-state index contributed by atoms with van der Waals surface area (Å²) in [7, 11) is 2.80. The average molecular weight is 177 g/mol. The van der Waals surface area contributed by atoms with Crippen LogP contribution in [-0.4, -0.2) is 14.3 Å². The molecule has 0 bridgehead atoms. The Labute approximate surface area is 72.3 Å². The average Bonchev–Trinajstić information content (AvgIpc) is 2.54. The van der Waals surface area contributed by atoms with Gasteiger partial charge in [-0.15, -0.1) is 5.10 Å². The van der Waals surface area contributed by atoms with E-state index in [0.29, 0.717) is 0 Å². The highest BCUT2D eigenvalue weighted by molar-refractivity contribution is 7.21. The molecule has 1 heterocycles. The summed E-state index contributed by atoms with van der Waals surface area (Å²) < 4.78 is 6.03. The van der Waals surface area contributed by atoms with E-state index >= 15 is 0 Å². The summed E-state index contributed by atoms with van der Waals surface area (Å²) in [4.78, 5) is 0. The molecule has 0 radical (unpaired) electrons. The van der Waals surface area contributed by atoms with Crippen molar-refractivity contribution in [2.24, 2.45) is 7.05 Å². The molecule has 0 aliphatic heterocycles. The zero-order chi connectivity index (χ0) is 8.39. The van der Waals surface area contributed by atoms with E-state index in [1.54, 1.807) is 4.44 Å². The standard InChI is InChI=1S/C8H8N3P/c1-11-9-8(10-12-11)7-5-3-2-4-6-7/h2-6H,1H3. The molecule has 0 spiro atoms. The third kappa shape index (κ3) is 1.36. The van der Waals surface area contributed by atoms with Crippen molar-refractivity contribution in [1.29, 1.82) is 0 Å². The lowest BCUT2D eigenvalue weighted by molar-refractivity contribution is 0.846. The van der Waals surface area contributed by atoms with Gasteiger partial charge in [-0.3, -0.25) is 0 Å². The topological polar surface area (TPSA) is 30.7 Å². The summed E-state index contributed by atoms with van der Waals surface area (Å²) in [6.07, 6.45) is 0. The lowest BCUT2D eigenvalue weighted by Crippen LogP contribution is -1.85. The van der Waals surface area contributed by atoms with Gasteiger partial charge in [-0.25, -0.2) is 4.44 Å². The van der Waals surface area contributed by atoms with Crippen LogP contribution in [0.1, 0.15) is 0 Å². The Morgan fingerprint density at radius 1 is 1.25 bits per heavy atom. The number of benzene rings is 1. The van der Waals surface area contributed by atoms with Gasteiger partial charge < -0.3 is 0 Å². The number of hydrogen-bond acceptors (Lipinski definition) is 2. The lowest BCUT2D eigenvalue weighted by Gasteiger charge is -1.91. The normalized spacial score (nSPS) is 10.8. The van der Waals surface area contributed by atoms with Crippen LogP contribution in [0.25, 0.3) is 11.4 Å². The fourth-order valence-electron chi connectivity index (χ4n) is 0.987. The van der Waals surface area contributed by atoms with Gasteiger partial charge in [-0.1, -0.05) is 30.3 Å². The predicted molar refractivity (Wildman–Crippen MR) is 49.0 cm³/mol. The summed E-state index contributed by atoms with van der Waals surface area (Å²) in [6.45, 7) is 0. The molecular weight excluding hydrogens is 169 g/mol. The van der Waals surface area contributed by atoms with Crippen LogP contribution < -0.4 is 0 Å². The molecule has 0 amide bonds. The smallest absolute Gasteiger partial charge is 0.185 e. The molecule has 12 heavy (non-hydrogen) atoms. The van der Waals surface area contributed by atoms with Gasteiger partial charge in [0.2, 0.25) is 0 Å². The highest BCUT2D eigenvalue weighted by Gasteiger charge is 2.00. The number of nitrogens with zero attached hydrogens (tertiary/aromatic N) is 3. The van der Waals surface area contributed by atoms with Crippen molar-refractivity contribution in [1.82, 2.24) is 14.3 Å². The summed E-state index contributed by atoms with van der Waals surface area (Å²) in [5.74, 6) is 0.819. The van der Waals surface area contributed by atoms with Gasteiger partial charge in [0.1, 0.15) is 0 Å². The van der Waals surface area contributed by atoms with Gasteiger partial charge >= 0.3 is 0 Å². The van der Waals surface area contributed by atoms with Crippen LogP contribution in [0.5, 0.6) is 0 Å². The molecule has 0 aliphatic rings. The number of rotatable bonds is 1. The van der Waals surface area contributed by atoms with E-state index < -0.39 is 0 Å². The molecule has 1 aromatic heterocycles. The first-order valence-electron chi connectivity index (χ1n) is 3.66. The molecule has 0 unspecified atom stereocenters. The monoisotopic (exact) mass is 177 g/mol. The van der Waals surface area contributed by atoms with E-state index in [0.717, 1.165) is 19.9 Å². The van der Waals surface area contributed by atoms with E-state index in [2.05, 4.69) is 9.85 Å². The van der Waals surface area contributed by atoms with Gasteiger partial charge in [0.25, 0.3) is 0 Å². The van der Waals surface area contributed by atoms with Crippen LogP contribution in [-0.2, 0) is 7.05 Å². The molecule has 60 valence electrons. The second-order valence-corrected chi connectivity index (χ2v) is 3.43. The first-order valence-corrected chi connectivity index (χ1v) is 4.46. The highest BCUT2D eigenvalue weighted by Crippen LogP contribution is 2.15. The summed E-state index contributed by atoms with van der Waals surface area (Å²) in [5.41, 5.74) is 1.08. The Kier molecular flexibility index (Phi) is 1.88. The van der Waals surface area contributed by atoms with E-state index in [1.165, 1.54) is 0 Å². The second-order valence-electron chi connectivity index (χ2n) is 2.47. The highest BCUT2D eigenvalue weighted by atomic mass is 31.1. The maximum absolute atomic E-state index is 4.24. The molecule has 2 aromatic rings. The van der Waals surface area contributed by atoms with Crippen LogP contribution >= 0.6 is 8.51 Å². The van der Waals surface area contributed by atoms with Crippen molar-refractivity contribution in [2.75, 3.05) is 0 Å². The van der Waals surface area contributed by atoms with E-state index in [1.807, 2.05) is 37.4 Å². The van der Waals surface area contributed by atoms with Crippen molar-refractivity contribution in [3.8, 4) is 11.4 Å². The van der Waals surface area contributed by atoms with Gasteiger partial charge in [0, 0.05) is 12.6 Å². The Bertz CT molecular complexity index is 369. The maximum atomic E-state index is 4.24. The van der Waals surface area contributed by atoms with Crippen LogP contribution in [0.2, 0.25) is 0 Å². The molecule has 0 saturated heterocycles. The van der Waals surface area contributed by atoms with Crippen molar-refractivity contribution in [2.45, 2.75) is 0 Å². The Morgan fingerprint density at radius 3 is 2.58 bits per heavy atom. The molecule has 0 N–H and O–H groups in total. The van der Waals surface area contributed by atoms with Gasteiger partial charge in [0.05, 0.1) is 0 Å². The largest absolute Gasteiger partial charge is 0.231 e. The van der Waals surface area contributed by atoms with Crippen molar-refractivity contribution >= 4 is 8.51 Å². The molecular formula is C8H8N3P. The fourth-order valence-corrected chi connectivity index (χ4v) is 1.48. The minimum absolute atomic E-state index is 0.819. The molecule has 3 nitrogen and oxygen atoms in total. The molecule has 0 fully saturated rings.